The van der Waals surface area contributed by atoms with Crippen LogP contribution in [0.1, 0.15) is 25.8 Å². The summed E-state index contributed by atoms with van der Waals surface area (Å²) in [5.74, 6) is -0.254. The Morgan fingerprint density at radius 3 is 2.79 bits per heavy atom. The van der Waals surface area contributed by atoms with Crippen molar-refractivity contribution in [1.29, 1.82) is 0 Å². The molecule has 1 aromatic carbocycles. The standard InChI is InChI=1S/C15H21FN2O/c1-10(2)15(6-7-17-9-15)14(19)18-13-8-11(3)4-5-12(13)16/h4-5,8,10,17H,6-7,9H2,1-3H3,(H,18,19). The van der Waals surface area contributed by atoms with E-state index < -0.39 is 5.41 Å². The van der Waals surface area contributed by atoms with E-state index in [9.17, 15) is 9.18 Å². The molecule has 1 unspecified atom stereocenters. The number of halogens is 1. The van der Waals surface area contributed by atoms with Gasteiger partial charge in [-0.3, -0.25) is 4.79 Å². The van der Waals surface area contributed by atoms with Crippen LogP contribution in [-0.2, 0) is 4.79 Å². The molecular formula is C15H21FN2O. The number of amides is 1. The maximum atomic E-state index is 13.7. The first-order valence-electron chi connectivity index (χ1n) is 6.74. The second-order valence-corrected chi connectivity index (χ2v) is 5.68. The highest BCUT2D eigenvalue weighted by Gasteiger charge is 2.44. The Bertz CT molecular complexity index is 479. The lowest BCUT2D eigenvalue weighted by Gasteiger charge is -2.31. The lowest BCUT2D eigenvalue weighted by atomic mass is 9.75. The number of anilines is 1. The van der Waals surface area contributed by atoms with E-state index >= 15 is 0 Å². The Hall–Kier alpha value is -1.42. The lowest BCUT2D eigenvalue weighted by molar-refractivity contribution is -0.126. The number of benzene rings is 1. The van der Waals surface area contributed by atoms with Gasteiger partial charge in [-0.2, -0.15) is 0 Å². The molecular weight excluding hydrogens is 243 g/mol. The van der Waals surface area contributed by atoms with Gasteiger partial charge in [-0.25, -0.2) is 4.39 Å². The number of hydrogen-bond donors (Lipinski definition) is 2. The van der Waals surface area contributed by atoms with E-state index in [0.717, 1.165) is 18.5 Å². The predicted octanol–water partition coefficient (Wildman–Crippen LogP) is 2.71. The molecule has 1 atom stereocenters. The van der Waals surface area contributed by atoms with Gasteiger partial charge in [-0.1, -0.05) is 19.9 Å². The normalized spacial score (nSPS) is 22.8. The number of aryl methyl sites for hydroxylation is 1. The third-order valence-electron chi connectivity index (χ3n) is 4.12. The summed E-state index contributed by atoms with van der Waals surface area (Å²) in [5.41, 5.74) is 0.771. The Balaban J connectivity index is 2.22. The van der Waals surface area contributed by atoms with Crippen LogP contribution in [0.4, 0.5) is 10.1 Å². The molecule has 4 heteroatoms. The maximum absolute atomic E-state index is 13.7. The Morgan fingerprint density at radius 1 is 1.47 bits per heavy atom. The molecule has 0 saturated carbocycles. The van der Waals surface area contributed by atoms with Crippen LogP contribution in [0, 0.1) is 24.1 Å². The van der Waals surface area contributed by atoms with Crippen molar-refractivity contribution in [2.24, 2.45) is 11.3 Å². The fraction of sp³-hybridized carbons (Fsp3) is 0.533. The van der Waals surface area contributed by atoms with Crippen molar-refractivity contribution in [1.82, 2.24) is 5.32 Å². The van der Waals surface area contributed by atoms with E-state index in [1.165, 1.54) is 6.07 Å². The summed E-state index contributed by atoms with van der Waals surface area (Å²) in [6, 6.07) is 4.75. The van der Waals surface area contributed by atoms with Crippen LogP contribution < -0.4 is 10.6 Å². The number of hydrogen-bond acceptors (Lipinski definition) is 2. The second kappa shape index (κ2) is 5.29. The first-order chi connectivity index (χ1) is 8.95. The quantitative estimate of drug-likeness (QED) is 0.881. The van der Waals surface area contributed by atoms with E-state index in [1.54, 1.807) is 12.1 Å². The van der Waals surface area contributed by atoms with Crippen molar-refractivity contribution < 1.29 is 9.18 Å². The molecule has 1 amide bonds. The molecule has 0 radical (unpaired) electrons. The van der Waals surface area contributed by atoms with Gasteiger partial charge in [-0.15, -0.1) is 0 Å². The van der Waals surface area contributed by atoms with E-state index in [0.29, 0.717) is 6.54 Å². The van der Waals surface area contributed by atoms with Gasteiger partial charge in [0.05, 0.1) is 11.1 Å². The van der Waals surface area contributed by atoms with E-state index in [4.69, 9.17) is 0 Å². The van der Waals surface area contributed by atoms with Crippen LogP contribution in [0.15, 0.2) is 18.2 Å². The van der Waals surface area contributed by atoms with Crippen molar-refractivity contribution >= 4 is 11.6 Å². The van der Waals surface area contributed by atoms with Crippen molar-refractivity contribution in [2.75, 3.05) is 18.4 Å². The molecule has 3 nitrogen and oxygen atoms in total. The van der Waals surface area contributed by atoms with Crippen molar-refractivity contribution in [3.05, 3.63) is 29.6 Å². The predicted molar refractivity (Wildman–Crippen MR) is 74.5 cm³/mol. The molecule has 1 aliphatic heterocycles. The average molecular weight is 264 g/mol. The molecule has 1 fully saturated rings. The highest BCUT2D eigenvalue weighted by atomic mass is 19.1. The fourth-order valence-corrected chi connectivity index (χ4v) is 2.64. The molecule has 0 bridgehead atoms. The summed E-state index contributed by atoms with van der Waals surface area (Å²) in [7, 11) is 0. The molecule has 19 heavy (non-hydrogen) atoms. The van der Waals surface area contributed by atoms with Crippen LogP contribution in [-0.4, -0.2) is 19.0 Å². The second-order valence-electron chi connectivity index (χ2n) is 5.68. The first-order valence-corrected chi connectivity index (χ1v) is 6.74. The molecule has 104 valence electrons. The number of carbonyl (C=O) groups excluding carboxylic acids is 1. The summed E-state index contributed by atoms with van der Waals surface area (Å²) in [5, 5.41) is 5.99. The van der Waals surface area contributed by atoms with Gasteiger partial charge in [0.25, 0.3) is 0 Å². The topological polar surface area (TPSA) is 41.1 Å². The summed E-state index contributed by atoms with van der Waals surface area (Å²) in [6.45, 7) is 7.45. The van der Waals surface area contributed by atoms with Gasteiger partial charge in [0, 0.05) is 6.54 Å². The van der Waals surface area contributed by atoms with Crippen LogP contribution in [0.2, 0.25) is 0 Å². The zero-order valence-electron chi connectivity index (χ0n) is 11.7. The van der Waals surface area contributed by atoms with Crippen molar-refractivity contribution in [3.8, 4) is 0 Å². The minimum Gasteiger partial charge on any atom is -0.323 e. The van der Waals surface area contributed by atoms with Crippen LogP contribution >= 0.6 is 0 Å². The number of rotatable bonds is 3. The molecule has 2 rings (SSSR count). The SMILES string of the molecule is Cc1ccc(F)c(NC(=O)C2(C(C)C)CCNC2)c1. The van der Waals surface area contributed by atoms with Gasteiger partial charge >= 0.3 is 0 Å². The molecule has 2 N–H and O–H groups in total. The Morgan fingerprint density at radius 2 is 2.21 bits per heavy atom. The fourth-order valence-electron chi connectivity index (χ4n) is 2.64. The van der Waals surface area contributed by atoms with Gasteiger partial charge < -0.3 is 10.6 Å². The summed E-state index contributed by atoms with van der Waals surface area (Å²) in [6.07, 6.45) is 0.796. The summed E-state index contributed by atoms with van der Waals surface area (Å²) >= 11 is 0. The largest absolute Gasteiger partial charge is 0.323 e. The minimum absolute atomic E-state index is 0.0861. The Labute approximate surface area is 113 Å². The zero-order chi connectivity index (χ0) is 14.0. The van der Waals surface area contributed by atoms with Crippen LogP contribution in [0.25, 0.3) is 0 Å². The van der Waals surface area contributed by atoms with E-state index in [-0.39, 0.29) is 23.3 Å². The van der Waals surface area contributed by atoms with Gasteiger partial charge in [-0.05, 0) is 43.5 Å². The molecule has 0 spiro atoms. The smallest absolute Gasteiger partial charge is 0.232 e. The van der Waals surface area contributed by atoms with E-state index in [2.05, 4.69) is 10.6 Å². The van der Waals surface area contributed by atoms with Gasteiger partial charge in [0.2, 0.25) is 5.91 Å². The zero-order valence-corrected chi connectivity index (χ0v) is 11.7. The number of carbonyl (C=O) groups is 1. The van der Waals surface area contributed by atoms with E-state index in [1.807, 2.05) is 20.8 Å². The van der Waals surface area contributed by atoms with Gasteiger partial charge in [0.1, 0.15) is 5.82 Å². The van der Waals surface area contributed by atoms with Gasteiger partial charge in [0.15, 0.2) is 0 Å². The molecule has 1 aliphatic rings. The third-order valence-corrected chi connectivity index (χ3v) is 4.12. The monoisotopic (exact) mass is 264 g/mol. The highest BCUT2D eigenvalue weighted by Crippen LogP contribution is 2.35. The Kier molecular flexibility index (Phi) is 3.90. The van der Waals surface area contributed by atoms with Crippen molar-refractivity contribution in [3.63, 3.8) is 0 Å². The molecule has 0 aliphatic carbocycles. The lowest BCUT2D eigenvalue weighted by Crippen LogP contribution is -2.42. The molecule has 1 aromatic rings. The summed E-state index contributed by atoms with van der Waals surface area (Å²) < 4.78 is 13.7. The molecule has 1 saturated heterocycles. The highest BCUT2D eigenvalue weighted by molar-refractivity contribution is 5.96. The maximum Gasteiger partial charge on any atom is 0.232 e. The molecule has 1 heterocycles. The van der Waals surface area contributed by atoms with Crippen molar-refractivity contribution in [2.45, 2.75) is 27.2 Å². The number of nitrogens with one attached hydrogen (secondary N) is 2. The van der Waals surface area contributed by atoms with Crippen LogP contribution in [0.5, 0.6) is 0 Å². The minimum atomic E-state index is -0.434. The van der Waals surface area contributed by atoms with Crippen LogP contribution in [0.3, 0.4) is 0 Å². The molecule has 0 aromatic heterocycles. The average Bonchev–Trinajstić information content (AvgIpc) is 2.84. The first kappa shape index (κ1) is 14.0. The summed E-state index contributed by atoms with van der Waals surface area (Å²) in [4.78, 5) is 12.5. The third kappa shape index (κ3) is 2.63.